The number of benzene rings is 6. The van der Waals surface area contributed by atoms with E-state index in [1.54, 1.807) is 33.4 Å². The minimum atomic E-state index is -3.47. The van der Waals surface area contributed by atoms with Gasteiger partial charge in [0, 0.05) is 0 Å². The molecule has 2 atom stereocenters. The van der Waals surface area contributed by atoms with Crippen LogP contribution in [0, 0.1) is 11.3 Å². The molecule has 0 spiro atoms. The molecular weight excluding hydrogens is 779 g/mol. The third-order valence-electron chi connectivity index (χ3n) is 12.2. The van der Waals surface area contributed by atoms with Gasteiger partial charge in [0.1, 0.15) is 0 Å². The van der Waals surface area contributed by atoms with E-state index in [4.69, 9.17) is 0 Å². The van der Waals surface area contributed by atoms with Gasteiger partial charge in [-0.25, -0.2) is 0 Å². The van der Waals surface area contributed by atoms with Crippen molar-refractivity contribution in [2.24, 2.45) is 11.3 Å². The van der Waals surface area contributed by atoms with Gasteiger partial charge in [0.05, 0.1) is 0 Å². The molecule has 6 aromatic rings. The van der Waals surface area contributed by atoms with E-state index in [-0.39, 0.29) is 5.41 Å². The molecule has 0 saturated heterocycles. The zero-order chi connectivity index (χ0) is 34.9. The molecular formula is C50H46Hf. The van der Waals surface area contributed by atoms with Crippen LogP contribution < -0.4 is 0 Å². The molecule has 0 saturated carbocycles. The minimum absolute atomic E-state index is 0.185. The first-order valence-electron chi connectivity index (χ1n) is 18.8. The molecule has 6 aromatic carbocycles. The summed E-state index contributed by atoms with van der Waals surface area (Å²) in [7, 11) is 0. The van der Waals surface area contributed by atoms with Crippen molar-refractivity contribution in [3.63, 3.8) is 0 Å². The van der Waals surface area contributed by atoms with Gasteiger partial charge in [-0.1, -0.05) is 0 Å². The van der Waals surface area contributed by atoms with Crippen molar-refractivity contribution in [2.75, 3.05) is 0 Å². The Balaban J connectivity index is 1.35. The van der Waals surface area contributed by atoms with Crippen molar-refractivity contribution in [3.05, 3.63) is 191 Å². The number of rotatable bonds is 6. The second-order valence-electron chi connectivity index (χ2n) is 16.3. The van der Waals surface area contributed by atoms with Gasteiger partial charge in [-0.05, 0) is 0 Å². The third kappa shape index (κ3) is 5.10. The fourth-order valence-electron chi connectivity index (χ4n) is 10.5. The van der Waals surface area contributed by atoms with Crippen LogP contribution in [0.15, 0.2) is 158 Å². The topological polar surface area (TPSA) is 0 Å². The van der Waals surface area contributed by atoms with Crippen molar-refractivity contribution in [2.45, 2.75) is 43.9 Å². The van der Waals surface area contributed by atoms with Crippen molar-refractivity contribution in [1.29, 1.82) is 0 Å². The van der Waals surface area contributed by atoms with Gasteiger partial charge >= 0.3 is 311 Å². The summed E-state index contributed by atoms with van der Waals surface area (Å²) in [5.41, 5.74) is 20.3. The Labute approximate surface area is 308 Å². The van der Waals surface area contributed by atoms with E-state index >= 15 is 0 Å². The molecule has 4 bridgehead atoms. The van der Waals surface area contributed by atoms with Crippen LogP contribution in [0.3, 0.4) is 0 Å². The molecule has 2 aliphatic carbocycles. The first-order chi connectivity index (χ1) is 24.8. The Kier molecular flexibility index (Phi) is 7.93. The number of hydrogen-bond donors (Lipinski definition) is 0. The zero-order valence-electron chi connectivity index (χ0n) is 30.5. The van der Waals surface area contributed by atoms with Crippen LogP contribution >= 0.6 is 0 Å². The van der Waals surface area contributed by atoms with Crippen LogP contribution in [-0.4, -0.2) is 0 Å². The molecule has 0 fully saturated rings. The second-order valence-corrected chi connectivity index (χ2v) is 33.5. The van der Waals surface area contributed by atoms with Gasteiger partial charge < -0.3 is 0 Å². The van der Waals surface area contributed by atoms with Crippen LogP contribution in [0.2, 0.25) is 9.36 Å². The van der Waals surface area contributed by atoms with Gasteiger partial charge in [-0.15, -0.1) is 0 Å². The van der Waals surface area contributed by atoms with Gasteiger partial charge in [0.15, 0.2) is 0 Å². The van der Waals surface area contributed by atoms with Crippen LogP contribution in [-0.2, 0) is 20.0 Å². The third-order valence-corrected chi connectivity index (χ3v) is 27.2. The second kappa shape index (κ2) is 12.4. The average Bonchev–Trinajstić information content (AvgIpc) is 3.72. The number of hydrogen-bond acceptors (Lipinski definition) is 0. The summed E-state index contributed by atoms with van der Waals surface area (Å²) >= 11 is -3.47. The zero-order valence-corrected chi connectivity index (χ0v) is 34.0. The van der Waals surface area contributed by atoms with Crippen molar-refractivity contribution in [1.82, 2.24) is 0 Å². The Morgan fingerprint density at radius 3 is 1.18 bits per heavy atom. The fourth-order valence-corrected chi connectivity index (χ4v) is 26.8. The fraction of sp³-hybridized carbons (Fsp3) is 0.200. The van der Waals surface area contributed by atoms with E-state index < -0.39 is 20.0 Å². The van der Waals surface area contributed by atoms with E-state index in [0.717, 1.165) is 6.42 Å². The predicted molar refractivity (Wildman–Crippen MR) is 215 cm³/mol. The van der Waals surface area contributed by atoms with Gasteiger partial charge in [0.2, 0.25) is 0 Å². The van der Waals surface area contributed by atoms with Crippen molar-refractivity contribution in [3.8, 4) is 22.3 Å². The molecule has 1 heterocycles. The van der Waals surface area contributed by atoms with Gasteiger partial charge in [-0.3, -0.25) is 0 Å². The monoisotopic (exact) mass is 826 g/mol. The predicted octanol–water partition coefficient (Wildman–Crippen LogP) is 14.0. The molecule has 1 heteroatoms. The quantitative estimate of drug-likeness (QED) is 0.147. The van der Waals surface area contributed by atoms with Crippen LogP contribution in [0.5, 0.6) is 0 Å². The molecule has 3 aliphatic rings. The molecule has 1 aliphatic heterocycles. The Bertz CT molecular complexity index is 2160. The average molecular weight is 825 g/mol. The van der Waals surface area contributed by atoms with E-state index in [9.17, 15) is 0 Å². The summed E-state index contributed by atoms with van der Waals surface area (Å²) in [5.74, 6) is 0.521. The maximum absolute atomic E-state index is 3.47. The molecule has 2 unspecified atom stereocenters. The maximum atomic E-state index is 2.78. The van der Waals surface area contributed by atoms with Gasteiger partial charge in [-0.2, -0.15) is 0 Å². The van der Waals surface area contributed by atoms with E-state index in [1.807, 2.05) is 0 Å². The normalized spacial score (nSPS) is 21.4. The molecule has 9 rings (SSSR count). The summed E-state index contributed by atoms with van der Waals surface area (Å²) in [6, 6.07) is 60.0. The molecule has 0 N–H and O–H groups in total. The molecule has 0 amide bonds. The first-order valence-corrected chi connectivity index (χ1v) is 30.1. The van der Waals surface area contributed by atoms with E-state index in [0.29, 0.717) is 13.3 Å². The Hall–Kier alpha value is -4.33. The molecule has 51 heavy (non-hydrogen) atoms. The first kappa shape index (κ1) is 32.6. The van der Waals surface area contributed by atoms with Crippen LogP contribution in [0.4, 0.5) is 0 Å². The standard InChI is InChI=1S/C48H40.2CH3.Hf/c1-33(2)32-48(3,46-42-20-12-10-18-40(42)30-44(46)38-26-22-36(23-27-38)34-14-6-4-7-15-34)47-43-21-13-11-19-41(43)31-45(47)39-28-24-37(25-29-39)35-16-8-5-9-17-35;;;/h4-31,33H,32H2,1-3H3;2*1H3;. The molecule has 0 aromatic heterocycles. The summed E-state index contributed by atoms with van der Waals surface area (Å²) < 4.78 is 6.47. The van der Waals surface area contributed by atoms with E-state index in [1.165, 1.54) is 44.5 Å². The Morgan fingerprint density at radius 1 is 0.451 bits per heavy atom. The summed E-state index contributed by atoms with van der Waals surface area (Å²) in [4.78, 5) is 0. The number of allylic oxidation sites excluding steroid dienone is 4. The van der Waals surface area contributed by atoms with Crippen molar-refractivity contribution >= 4 is 22.3 Å². The van der Waals surface area contributed by atoms with Crippen molar-refractivity contribution < 1.29 is 20.0 Å². The summed E-state index contributed by atoms with van der Waals surface area (Å²) in [6.07, 6.45) is 1.09. The molecule has 0 radical (unpaired) electrons. The molecule has 250 valence electrons. The van der Waals surface area contributed by atoms with E-state index in [2.05, 4.69) is 188 Å². The molecule has 0 nitrogen and oxygen atoms in total. The van der Waals surface area contributed by atoms with Crippen LogP contribution in [0.25, 0.3) is 44.5 Å². The Morgan fingerprint density at radius 2 is 0.784 bits per heavy atom. The summed E-state index contributed by atoms with van der Waals surface area (Å²) in [5, 5.41) is 0. The number of fused-ring (bicyclic) bond motifs is 8. The van der Waals surface area contributed by atoms with Gasteiger partial charge in [0.25, 0.3) is 0 Å². The SMILES string of the molecule is CC(C)CC1(C)C2=C(c3ccc(-c4ccccc4)cc3)[CH](c3ccccc32)[Hf]([CH3])([CH3])[CH]2C(c3ccc(-c4ccccc4)cc3)=C1c1ccccc12. The summed E-state index contributed by atoms with van der Waals surface area (Å²) in [6.45, 7) is 7.46. The van der Waals surface area contributed by atoms with Crippen LogP contribution in [0.1, 0.15) is 67.9 Å².